The summed E-state index contributed by atoms with van der Waals surface area (Å²) in [7, 11) is 0. The highest BCUT2D eigenvalue weighted by Gasteiger charge is 2.13. The monoisotopic (exact) mass is 367 g/mol. The lowest BCUT2D eigenvalue weighted by molar-refractivity contribution is -0.384. The molecular formula is C18H17N5O4. The summed E-state index contributed by atoms with van der Waals surface area (Å²) >= 11 is 0. The molecule has 1 amide bonds. The molecule has 9 heteroatoms. The van der Waals surface area contributed by atoms with Crippen molar-refractivity contribution in [2.24, 2.45) is 0 Å². The Morgan fingerprint density at radius 2 is 2.11 bits per heavy atom. The first-order valence-corrected chi connectivity index (χ1v) is 8.17. The number of aromatic nitrogens is 3. The molecule has 1 aromatic carbocycles. The van der Waals surface area contributed by atoms with Crippen molar-refractivity contribution in [2.45, 2.75) is 19.9 Å². The van der Waals surface area contributed by atoms with Crippen LogP contribution in [0, 0.1) is 17.0 Å². The molecule has 3 aromatic rings. The zero-order valence-corrected chi connectivity index (χ0v) is 14.5. The highest BCUT2D eigenvalue weighted by Crippen LogP contribution is 2.29. The Morgan fingerprint density at radius 3 is 2.78 bits per heavy atom. The van der Waals surface area contributed by atoms with Gasteiger partial charge in [-0.3, -0.25) is 24.6 Å². The first kappa shape index (κ1) is 18.1. The van der Waals surface area contributed by atoms with E-state index in [9.17, 15) is 14.9 Å². The van der Waals surface area contributed by atoms with Gasteiger partial charge in [0.25, 0.3) is 5.69 Å². The second-order valence-electron chi connectivity index (χ2n) is 5.76. The fraction of sp³-hybridized carbons (Fsp3) is 0.167. The molecular weight excluding hydrogens is 350 g/mol. The van der Waals surface area contributed by atoms with Gasteiger partial charge in [0.05, 0.1) is 22.9 Å². The molecule has 0 saturated carbocycles. The Morgan fingerprint density at radius 1 is 1.26 bits per heavy atom. The first-order chi connectivity index (χ1) is 13.0. The molecule has 0 saturated heterocycles. The van der Waals surface area contributed by atoms with Crippen LogP contribution in [0.4, 0.5) is 11.4 Å². The number of amides is 1. The zero-order chi connectivity index (χ0) is 19.2. The second-order valence-corrected chi connectivity index (χ2v) is 5.76. The van der Waals surface area contributed by atoms with Crippen molar-refractivity contribution in [2.75, 3.05) is 5.32 Å². The number of rotatable bonds is 7. The summed E-state index contributed by atoms with van der Waals surface area (Å²) in [5.74, 6) is 0.387. The smallest absolute Gasteiger partial charge is 0.275 e. The number of nitro benzene ring substituents is 1. The summed E-state index contributed by atoms with van der Waals surface area (Å²) in [5, 5.41) is 18.0. The van der Waals surface area contributed by atoms with Crippen molar-refractivity contribution in [1.82, 2.24) is 14.8 Å². The van der Waals surface area contributed by atoms with Crippen LogP contribution in [0.15, 0.2) is 55.0 Å². The minimum atomic E-state index is -0.543. The van der Waals surface area contributed by atoms with E-state index < -0.39 is 4.92 Å². The van der Waals surface area contributed by atoms with E-state index in [0.29, 0.717) is 12.3 Å². The third kappa shape index (κ3) is 4.88. The number of nitro groups is 1. The van der Waals surface area contributed by atoms with Gasteiger partial charge in [-0.15, -0.1) is 0 Å². The van der Waals surface area contributed by atoms with Gasteiger partial charge in [-0.05, 0) is 25.1 Å². The predicted octanol–water partition coefficient (Wildman–Crippen LogP) is 3.32. The summed E-state index contributed by atoms with van der Waals surface area (Å²) in [6, 6.07) is 9.31. The number of pyridine rings is 1. The van der Waals surface area contributed by atoms with Gasteiger partial charge in [0.2, 0.25) is 5.91 Å². The standard InChI is InChI=1S/C18H17N5O4/c1-13-4-7-20-22(13)8-5-18(24)21-14-9-15(23(25)26)11-17(10-14)27-16-3-2-6-19-12-16/h2-4,6-7,9-12H,5,8H2,1H3,(H,21,24). The summed E-state index contributed by atoms with van der Waals surface area (Å²) in [4.78, 5) is 26.8. The van der Waals surface area contributed by atoms with Gasteiger partial charge in [-0.1, -0.05) is 0 Å². The average molecular weight is 367 g/mol. The van der Waals surface area contributed by atoms with Crippen LogP contribution < -0.4 is 10.1 Å². The first-order valence-electron chi connectivity index (χ1n) is 8.17. The van der Waals surface area contributed by atoms with Crippen LogP contribution in [0.3, 0.4) is 0 Å². The lowest BCUT2D eigenvalue weighted by atomic mass is 10.2. The Balaban J connectivity index is 1.72. The second kappa shape index (κ2) is 8.09. The SMILES string of the molecule is Cc1ccnn1CCC(=O)Nc1cc(Oc2cccnc2)cc([N+](=O)[O-])c1. The van der Waals surface area contributed by atoms with E-state index in [0.717, 1.165) is 5.69 Å². The largest absolute Gasteiger partial charge is 0.455 e. The van der Waals surface area contributed by atoms with E-state index >= 15 is 0 Å². The number of aryl methyl sites for hydroxylation is 2. The van der Waals surface area contributed by atoms with Crippen molar-refractivity contribution in [3.63, 3.8) is 0 Å². The van der Waals surface area contributed by atoms with Crippen LogP contribution in [0.1, 0.15) is 12.1 Å². The molecule has 0 aliphatic heterocycles. The summed E-state index contributed by atoms with van der Waals surface area (Å²) in [6.45, 7) is 2.31. The van der Waals surface area contributed by atoms with Gasteiger partial charge in [-0.25, -0.2) is 0 Å². The summed E-state index contributed by atoms with van der Waals surface area (Å²) in [6.07, 6.45) is 4.93. The van der Waals surface area contributed by atoms with E-state index in [1.54, 1.807) is 29.2 Å². The number of benzene rings is 1. The van der Waals surface area contributed by atoms with E-state index in [2.05, 4.69) is 15.4 Å². The third-order valence-electron chi connectivity index (χ3n) is 3.74. The Kier molecular flexibility index (Phi) is 5.41. The summed E-state index contributed by atoms with van der Waals surface area (Å²) < 4.78 is 7.31. The van der Waals surface area contributed by atoms with Crippen LogP contribution in [0.5, 0.6) is 11.5 Å². The van der Waals surface area contributed by atoms with Gasteiger partial charge >= 0.3 is 0 Å². The van der Waals surface area contributed by atoms with Crippen molar-refractivity contribution < 1.29 is 14.5 Å². The minimum absolute atomic E-state index is 0.185. The van der Waals surface area contributed by atoms with E-state index in [1.165, 1.54) is 24.4 Å². The molecule has 138 valence electrons. The van der Waals surface area contributed by atoms with Crippen LogP contribution in [0.2, 0.25) is 0 Å². The number of anilines is 1. The normalized spacial score (nSPS) is 10.4. The van der Waals surface area contributed by atoms with Gasteiger partial charge in [0.1, 0.15) is 11.5 Å². The van der Waals surface area contributed by atoms with Gasteiger partial charge in [-0.2, -0.15) is 5.10 Å². The van der Waals surface area contributed by atoms with Crippen LogP contribution in [0.25, 0.3) is 0 Å². The number of nitrogens with one attached hydrogen (secondary N) is 1. The quantitative estimate of drug-likeness (QED) is 0.506. The molecule has 27 heavy (non-hydrogen) atoms. The average Bonchev–Trinajstić information content (AvgIpc) is 3.05. The molecule has 2 aromatic heterocycles. The Labute approximate surface area is 154 Å². The maximum absolute atomic E-state index is 12.2. The topological polar surface area (TPSA) is 112 Å². The number of ether oxygens (including phenoxy) is 1. The number of nitrogens with zero attached hydrogens (tertiary/aromatic N) is 4. The molecule has 0 unspecified atom stereocenters. The molecule has 0 radical (unpaired) electrons. The molecule has 1 N–H and O–H groups in total. The van der Waals surface area contributed by atoms with Gasteiger partial charge in [0.15, 0.2) is 0 Å². The lowest BCUT2D eigenvalue weighted by Gasteiger charge is -2.10. The Hall–Kier alpha value is -3.75. The third-order valence-corrected chi connectivity index (χ3v) is 3.74. The number of carbonyl (C=O) groups is 1. The highest BCUT2D eigenvalue weighted by atomic mass is 16.6. The molecule has 3 rings (SSSR count). The molecule has 0 atom stereocenters. The highest BCUT2D eigenvalue weighted by molar-refractivity contribution is 5.91. The van der Waals surface area contributed by atoms with Crippen LogP contribution >= 0.6 is 0 Å². The van der Waals surface area contributed by atoms with E-state index in [-0.39, 0.29) is 29.5 Å². The van der Waals surface area contributed by atoms with Crippen molar-refractivity contribution in [3.8, 4) is 11.5 Å². The lowest BCUT2D eigenvalue weighted by Crippen LogP contribution is -2.15. The maximum Gasteiger partial charge on any atom is 0.275 e. The van der Waals surface area contributed by atoms with Crippen molar-refractivity contribution in [1.29, 1.82) is 0 Å². The van der Waals surface area contributed by atoms with E-state index in [4.69, 9.17) is 4.74 Å². The van der Waals surface area contributed by atoms with E-state index in [1.807, 2.05) is 13.0 Å². The number of carbonyl (C=O) groups excluding carboxylic acids is 1. The van der Waals surface area contributed by atoms with Gasteiger partial charge < -0.3 is 10.1 Å². The van der Waals surface area contributed by atoms with Crippen molar-refractivity contribution in [3.05, 3.63) is 70.8 Å². The van der Waals surface area contributed by atoms with Crippen LogP contribution in [-0.4, -0.2) is 25.6 Å². The number of non-ortho nitro benzene ring substituents is 1. The number of hydrogen-bond donors (Lipinski definition) is 1. The molecule has 0 bridgehead atoms. The number of hydrogen-bond acceptors (Lipinski definition) is 6. The van der Waals surface area contributed by atoms with Crippen LogP contribution in [-0.2, 0) is 11.3 Å². The molecule has 0 aliphatic rings. The molecule has 0 spiro atoms. The molecule has 0 aliphatic carbocycles. The molecule has 2 heterocycles. The fourth-order valence-corrected chi connectivity index (χ4v) is 2.43. The van der Waals surface area contributed by atoms with Gasteiger partial charge in [0, 0.05) is 43.2 Å². The predicted molar refractivity (Wildman–Crippen MR) is 97.6 cm³/mol. The molecule has 0 fully saturated rings. The van der Waals surface area contributed by atoms with Crippen molar-refractivity contribution >= 4 is 17.3 Å². The Bertz CT molecular complexity index is 955. The molecule has 9 nitrogen and oxygen atoms in total. The zero-order valence-electron chi connectivity index (χ0n) is 14.5. The fourth-order valence-electron chi connectivity index (χ4n) is 2.43. The minimum Gasteiger partial charge on any atom is -0.455 e. The summed E-state index contributed by atoms with van der Waals surface area (Å²) in [5.41, 5.74) is 1.05. The maximum atomic E-state index is 12.2.